The zero-order valence-electron chi connectivity index (χ0n) is 8.53. The molecule has 1 fully saturated rings. The van der Waals surface area contributed by atoms with E-state index in [1.54, 1.807) is 0 Å². The van der Waals surface area contributed by atoms with E-state index in [-0.39, 0.29) is 18.1 Å². The van der Waals surface area contributed by atoms with Crippen LogP contribution in [0.2, 0.25) is 0 Å². The van der Waals surface area contributed by atoms with Gasteiger partial charge in [-0.3, -0.25) is 0 Å². The van der Waals surface area contributed by atoms with Crippen LogP contribution in [-0.2, 0) is 14.3 Å². The summed E-state index contributed by atoms with van der Waals surface area (Å²) < 4.78 is 10.1. The largest absolute Gasteiger partial charge is 0.460 e. The van der Waals surface area contributed by atoms with Crippen molar-refractivity contribution in [2.75, 3.05) is 6.61 Å². The van der Waals surface area contributed by atoms with Gasteiger partial charge in [-0.25, -0.2) is 4.79 Å². The minimum atomic E-state index is -0.752. The van der Waals surface area contributed by atoms with E-state index in [1.807, 2.05) is 13.8 Å². The van der Waals surface area contributed by atoms with Crippen LogP contribution < -0.4 is 0 Å². The number of esters is 1. The average molecular weight is 200 g/mol. The molecule has 80 valence electrons. The zero-order chi connectivity index (χ0) is 10.8. The summed E-state index contributed by atoms with van der Waals surface area (Å²) in [5.41, 5.74) is -0.166. The summed E-state index contributed by atoms with van der Waals surface area (Å²) in [4.78, 5) is 10.8. The van der Waals surface area contributed by atoms with E-state index in [0.29, 0.717) is 6.42 Å². The molecule has 14 heavy (non-hydrogen) atoms. The quantitative estimate of drug-likeness (QED) is 0.542. The van der Waals surface area contributed by atoms with E-state index in [9.17, 15) is 9.90 Å². The van der Waals surface area contributed by atoms with Gasteiger partial charge in [0.05, 0.1) is 0 Å². The third-order valence-corrected chi connectivity index (χ3v) is 2.44. The van der Waals surface area contributed by atoms with Crippen molar-refractivity contribution in [2.45, 2.75) is 32.7 Å². The lowest BCUT2D eigenvalue weighted by atomic mass is 9.86. The van der Waals surface area contributed by atoms with Gasteiger partial charge in [0.2, 0.25) is 0 Å². The highest BCUT2D eigenvalue weighted by molar-refractivity contribution is 5.81. The molecule has 4 nitrogen and oxygen atoms in total. The van der Waals surface area contributed by atoms with E-state index in [1.165, 1.54) is 0 Å². The van der Waals surface area contributed by atoms with Crippen LogP contribution in [0, 0.1) is 5.41 Å². The summed E-state index contributed by atoms with van der Waals surface area (Å²) in [6.45, 7) is 7.39. The van der Waals surface area contributed by atoms with Crippen molar-refractivity contribution in [3.63, 3.8) is 0 Å². The van der Waals surface area contributed by atoms with Crippen LogP contribution in [-0.4, -0.2) is 30.1 Å². The molecule has 0 saturated carbocycles. The van der Waals surface area contributed by atoms with Crippen LogP contribution in [0.5, 0.6) is 0 Å². The maximum absolute atomic E-state index is 10.8. The van der Waals surface area contributed by atoms with Crippen molar-refractivity contribution < 1.29 is 19.4 Å². The van der Waals surface area contributed by atoms with E-state index < -0.39 is 12.3 Å². The number of aliphatic hydroxyl groups excluding tert-OH is 1. The number of rotatable bonds is 3. The van der Waals surface area contributed by atoms with E-state index >= 15 is 0 Å². The fourth-order valence-corrected chi connectivity index (χ4v) is 1.49. The fourth-order valence-electron chi connectivity index (χ4n) is 1.49. The van der Waals surface area contributed by atoms with Gasteiger partial charge in [-0.05, 0) is 5.41 Å². The van der Waals surface area contributed by atoms with Crippen molar-refractivity contribution in [2.24, 2.45) is 5.41 Å². The van der Waals surface area contributed by atoms with Gasteiger partial charge in [0.1, 0.15) is 12.7 Å². The monoisotopic (exact) mass is 200 g/mol. The first-order valence-corrected chi connectivity index (χ1v) is 4.58. The maximum Gasteiger partial charge on any atom is 0.330 e. The topological polar surface area (TPSA) is 55.8 Å². The lowest BCUT2D eigenvalue weighted by Gasteiger charge is -2.23. The van der Waals surface area contributed by atoms with Gasteiger partial charge in [0.25, 0.3) is 0 Å². The average Bonchev–Trinajstić information content (AvgIpc) is 2.35. The summed E-state index contributed by atoms with van der Waals surface area (Å²) >= 11 is 0. The van der Waals surface area contributed by atoms with E-state index in [4.69, 9.17) is 9.47 Å². The van der Waals surface area contributed by atoms with Gasteiger partial charge in [-0.1, -0.05) is 20.4 Å². The highest BCUT2D eigenvalue weighted by Gasteiger charge is 2.41. The van der Waals surface area contributed by atoms with Gasteiger partial charge in [-0.15, -0.1) is 0 Å². The molecular formula is C10H16O4. The lowest BCUT2D eigenvalue weighted by molar-refractivity contribution is -0.149. The van der Waals surface area contributed by atoms with Gasteiger partial charge < -0.3 is 14.6 Å². The standard InChI is InChI=1S/C10H16O4/c1-4-8(11)13-6-7-10(2,3)5-9(12)14-7/h4,7,9,12H,1,5-6H2,2-3H3. The molecule has 0 radical (unpaired) electrons. The Morgan fingerprint density at radius 2 is 2.43 bits per heavy atom. The number of hydrogen-bond donors (Lipinski definition) is 1. The van der Waals surface area contributed by atoms with Crippen LogP contribution in [0.1, 0.15) is 20.3 Å². The van der Waals surface area contributed by atoms with Gasteiger partial charge in [0.15, 0.2) is 6.29 Å². The predicted molar refractivity (Wildman–Crippen MR) is 50.4 cm³/mol. The number of ether oxygens (including phenoxy) is 2. The summed E-state index contributed by atoms with van der Waals surface area (Å²) in [5, 5.41) is 9.27. The molecule has 0 aromatic rings. The van der Waals surface area contributed by atoms with Crippen LogP contribution in [0.25, 0.3) is 0 Å². The molecule has 0 aromatic heterocycles. The zero-order valence-corrected chi connectivity index (χ0v) is 8.53. The molecule has 1 heterocycles. The second-order valence-electron chi connectivity index (χ2n) is 4.11. The molecule has 2 atom stereocenters. The second kappa shape index (κ2) is 4.11. The molecule has 2 unspecified atom stereocenters. The Bertz CT molecular complexity index is 234. The molecule has 1 N–H and O–H groups in total. The van der Waals surface area contributed by atoms with Crippen molar-refractivity contribution in [1.29, 1.82) is 0 Å². The van der Waals surface area contributed by atoms with Crippen molar-refractivity contribution >= 4 is 5.97 Å². The minimum Gasteiger partial charge on any atom is -0.460 e. The summed E-state index contributed by atoms with van der Waals surface area (Å²) in [6.07, 6.45) is 0.667. The molecular weight excluding hydrogens is 184 g/mol. The first kappa shape index (κ1) is 11.2. The molecule has 0 bridgehead atoms. The SMILES string of the molecule is C=CC(=O)OCC1OC(O)CC1(C)C. The second-order valence-corrected chi connectivity index (χ2v) is 4.11. The number of carbonyl (C=O) groups is 1. The normalized spacial score (nSPS) is 29.9. The summed E-state index contributed by atoms with van der Waals surface area (Å²) in [6, 6.07) is 0. The van der Waals surface area contributed by atoms with Crippen LogP contribution >= 0.6 is 0 Å². The molecule has 0 aromatic carbocycles. The molecule has 1 rings (SSSR count). The Balaban J connectivity index is 2.45. The Morgan fingerprint density at radius 3 is 2.86 bits per heavy atom. The minimum absolute atomic E-state index is 0.162. The first-order valence-electron chi connectivity index (χ1n) is 4.58. The molecule has 0 amide bonds. The third kappa shape index (κ3) is 2.56. The highest BCUT2D eigenvalue weighted by atomic mass is 16.6. The summed E-state index contributed by atoms with van der Waals surface area (Å²) in [5.74, 6) is -0.467. The smallest absolute Gasteiger partial charge is 0.330 e. The van der Waals surface area contributed by atoms with E-state index in [2.05, 4.69) is 6.58 Å². The van der Waals surface area contributed by atoms with Crippen LogP contribution in [0.3, 0.4) is 0 Å². The van der Waals surface area contributed by atoms with Gasteiger partial charge >= 0.3 is 5.97 Å². The fraction of sp³-hybridized carbons (Fsp3) is 0.700. The van der Waals surface area contributed by atoms with Crippen LogP contribution in [0.4, 0.5) is 0 Å². The Labute approximate surface area is 83.5 Å². The first-order chi connectivity index (χ1) is 6.45. The molecule has 1 aliphatic rings. The van der Waals surface area contributed by atoms with Crippen LogP contribution in [0.15, 0.2) is 12.7 Å². The summed E-state index contributed by atoms with van der Waals surface area (Å²) in [7, 11) is 0. The molecule has 1 saturated heterocycles. The molecule has 0 aliphatic carbocycles. The Hall–Kier alpha value is -0.870. The van der Waals surface area contributed by atoms with Gasteiger partial charge in [0, 0.05) is 12.5 Å². The lowest BCUT2D eigenvalue weighted by Crippen LogP contribution is -2.30. The Morgan fingerprint density at radius 1 is 1.79 bits per heavy atom. The Kier molecular flexibility index (Phi) is 3.29. The number of hydrogen-bond acceptors (Lipinski definition) is 4. The number of aliphatic hydroxyl groups is 1. The van der Waals surface area contributed by atoms with Gasteiger partial charge in [-0.2, -0.15) is 0 Å². The number of carbonyl (C=O) groups excluding carboxylic acids is 1. The maximum atomic E-state index is 10.8. The van der Waals surface area contributed by atoms with Crippen molar-refractivity contribution in [3.8, 4) is 0 Å². The molecule has 4 heteroatoms. The third-order valence-electron chi connectivity index (χ3n) is 2.44. The van der Waals surface area contributed by atoms with Crippen molar-refractivity contribution in [3.05, 3.63) is 12.7 Å². The van der Waals surface area contributed by atoms with Crippen molar-refractivity contribution in [1.82, 2.24) is 0 Å². The molecule has 1 aliphatic heterocycles. The van der Waals surface area contributed by atoms with E-state index in [0.717, 1.165) is 6.08 Å². The highest BCUT2D eigenvalue weighted by Crippen LogP contribution is 2.36. The predicted octanol–water partition coefficient (Wildman–Crippen LogP) is 0.849. The molecule has 0 spiro atoms.